The SMILES string of the molecule is CN=C(NCCCN1CCN(c2cccc(Cl)c2)CC1)NC1CCc2ncnn2C1.I. The van der Waals surface area contributed by atoms with E-state index in [1.54, 1.807) is 6.33 Å². The fourth-order valence-electron chi connectivity index (χ4n) is 4.16. The van der Waals surface area contributed by atoms with Gasteiger partial charge in [0.05, 0.1) is 6.54 Å². The summed E-state index contributed by atoms with van der Waals surface area (Å²) in [6.45, 7) is 7.11. The van der Waals surface area contributed by atoms with Crippen molar-refractivity contribution in [2.24, 2.45) is 4.99 Å². The van der Waals surface area contributed by atoms with Gasteiger partial charge in [-0.2, -0.15) is 5.10 Å². The van der Waals surface area contributed by atoms with Crippen molar-refractivity contribution in [1.82, 2.24) is 30.3 Å². The molecule has 31 heavy (non-hydrogen) atoms. The van der Waals surface area contributed by atoms with Crippen LogP contribution in [0, 0.1) is 0 Å². The van der Waals surface area contributed by atoms with Gasteiger partial charge in [-0.15, -0.1) is 24.0 Å². The number of fused-ring (bicyclic) bond motifs is 1. The van der Waals surface area contributed by atoms with E-state index in [1.165, 1.54) is 5.69 Å². The minimum atomic E-state index is 0. The smallest absolute Gasteiger partial charge is 0.191 e. The Morgan fingerprint density at radius 3 is 2.87 bits per heavy atom. The van der Waals surface area contributed by atoms with Crippen molar-refractivity contribution in [3.8, 4) is 0 Å². The fraction of sp³-hybridized carbons (Fsp3) is 0.571. The van der Waals surface area contributed by atoms with Crippen LogP contribution in [0.5, 0.6) is 0 Å². The first kappa shape index (κ1) is 24.1. The number of nitrogens with one attached hydrogen (secondary N) is 2. The number of benzene rings is 1. The molecule has 1 saturated heterocycles. The molecule has 2 aromatic rings. The van der Waals surface area contributed by atoms with Crippen molar-refractivity contribution in [1.29, 1.82) is 0 Å². The van der Waals surface area contributed by atoms with Crippen molar-refractivity contribution in [2.75, 3.05) is 51.2 Å². The molecule has 1 unspecified atom stereocenters. The molecule has 1 aromatic carbocycles. The standard InChI is InChI=1S/C21H31ClN8.HI/c1-23-21(27-18-6-7-20-25-16-26-30(20)15-18)24-8-3-9-28-10-12-29(13-11-28)19-5-2-4-17(22)14-19;/h2,4-5,14,16,18H,3,6-13,15H2,1H3,(H2,23,24,27);1H. The molecule has 1 aromatic heterocycles. The summed E-state index contributed by atoms with van der Waals surface area (Å²) in [6, 6.07) is 8.48. The van der Waals surface area contributed by atoms with Crippen LogP contribution in [-0.2, 0) is 13.0 Å². The monoisotopic (exact) mass is 558 g/mol. The summed E-state index contributed by atoms with van der Waals surface area (Å²) >= 11 is 6.13. The van der Waals surface area contributed by atoms with E-state index in [9.17, 15) is 0 Å². The van der Waals surface area contributed by atoms with Crippen LogP contribution in [-0.4, -0.2) is 78.0 Å². The summed E-state index contributed by atoms with van der Waals surface area (Å²) in [5, 5.41) is 12.1. The third-order valence-corrected chi connectivity index (χ3v) is 6.09. The summed E-state index contributed by atoms with van der Waals surface area (Å²) in [7, 11) is 1.83. The second-order valence-corrected chi connectivity index (χ2v) is 8.34. The molecule has 2 N–H and O–H groups in total. The second-order valence-electron chi connectivity index (χ2n) is 7.90. The Bertz CT molecular complexity index is 849. The molecule has 0 spiro atoms. The Morgan fingerprint density at radius 1 is 1.26 bits per heavy atom. The lowest BCUT2D eigenvalue weighted by molar-refractivity contribution is 0.255. The van der Waals surface area contributed by atoms with E-state index in [4.69, 9.17) is 11.6 Å². The maximum atomic E-state index is 6.13. The van der Waals surface area contributed by atoms with Gasteiger partial charge in [-0.25, -0.2) is 9.67 Å². The van der Waals surface area contributed by atoms with Gasteiger partial charge in [0.1, 0.15) is 12.2 Å². The molecule has 4 rings (SSSR count). The number of anilines is 1. The van der Waals surface area contributed by atoms with Crippen molar-refractivity contribution < 1.29 is 0 Å². The van der Waals surface area contributed by atoms with Crippen molar-refractivity contribution >= 4 is 47.2 Å². The lowest BCUT2D eigenvalue weighted by Crippen LogP contribution is -2.48. The highest BCUT2D eigenvalue weighted by Gasteiger charge is 2.21. The molecule has 0 amide bonds. The Hall–Kier alpha value is -1.59. The molecular formula is C21H32ClIN8. The average Bonchev–Trinajstić information content (AvgIpc) is 3.24. The quantitative estimate of drug-likeness (QED) is 0.245. The van der Waals surface area contributed by atoms with Crippen molar-refractivity contribution in [2.45, 2.75) is 31.8 Å². The molecule has 0 aliphatic carbocycles. The predicted molar refractivity (Wildman–Crippen MR) is 137 cm³/mol. The number of rotatable bonds is 6. The molecule has 0 bridgehead atoms. The van der Waals surface area contributed by atoms with Crippen molar-refractivity contribution in [3.63, 3.8) is 0 Å². The predicted octanol–water partition coefficient (Wildman–Crippen LogP) is 2.24. The summed E-state index contributed by atoms with van der Waals surface area (Å²) in [4.78, 5) is 13.6. The number of nitrogens with zero attached hydrogens (tertiary/aromatic N) is 6. The van der Waals surface area contributed by atoms with Crippen LogP contribution >= 0.6 is 35.6 Å². The van der Waals surface area contributed by atoms with Gasteiger partial charge in [-0.1, -0.05) is 17.7 Å². The third kappa shape index (κ3) is 6.69. The van der Waals surface area contributed by atoms with Gasteiger partial charge < -0.3 is 15.5 Å². The number of guanidine groups is 1. The van der Waals surface area contributed by atoms with E-state index in [0.717, 1.165) is 81.9 Å². The number of aromatic nitrogens is 3. The first-order chi connectivity index (χ1) is 14.7. The normalized spacial score (nSPS) is 19.5. The maximum Gasteiger partial charge on any atom is 0.191 e. The highest BCUT2D eigenvalue weighted by Crippen LogP contribution is 2.20. The molecule has 0 saturated carbocycles. The summed E-state index contributed by atoms with van der Waals surface area (Å²) < 4.78 is 1.98. The Kier molecular flexibility index (Phi) is 9.21. The van der Waals surface area contributed by atoms with Gasteiger partial charge in [0, 0.05) is 62.9 Å². The third-order valence-electron chi connectivity index (χ3n) is 5.86. The zero-order valence-electron chi connectivity index (χ0n) is 18.0. The van der Waals surface area contributed by atoms with Crippen LogP contribution in [0.25, 0.3) is 0 Å². The van der Waals surface area contributed by atoms with Gasteiger partial charge in [0.25, 0.3) is 0 Å². The van der Waals surface area contributed by atoms with E-state index in [1.807, 2.05) is 23.9 Å². The lowest BCUT2D eigenvalue weighted by Gasteiger charge is -2.36. The van der Waals surface area contributed by atoms with E-state index >= 15 is 0 Å². The topological polar surface area (TPSA) is 73.6 Å². The van der Waals surface area contributed by atoms with E-state index in [0.29, 0.717) is 6.04 Å². The Labute approximate surface area is 206 Å². The largest absolute Gasteiger partial charge is 0.369 e. The van der Waals surface area contributed by atoms with E-state index in [-0.39, 0.29) is 24.0 Å². The summed E-state index contributed by atoms with van der Waals surface area (Å²) in [5.41, 5.74) is 1.22. The van der Waals surface area contributed by atoms with Gasteiger partial charge in [-0.05, 0) is 37.6 Å². The van der Waals surface area contributed by atoms with E-state index < -0.39 is 0 Å². The second kappa shape index (κ2) is 11.9. The Balaban J connectivity index is 0.00000272. The van der Waals surface area contributed by atoms with Gasteiger partial charge in [0.2, 0.25) is 0 Å². The zero-order valence-corrected chi connectivity index (χ0v) is 21.1. The minimum Gasteiger partial charge on any atom is -0.369 e. The van der Waals surface area contributed by atoms with E-state index in [2.05, 4.69) is 47.6 Å². The molecular weight excluding hydrogens is 527 g/mol. The molecule has 2 aliphatic rings. The summed E-state index contributed by atoms with van der Waals surface area (Å²) in [5.74, 6) is 1.95. The Morgan fingerprint density at radius 2 is 2.10 bits per heavy atom. The molecule has 3 heterocycles. The maximum absolute atomic E-state index is 6.13. The van der Waals surface area contributed by atoms with Gasteiger partial charge in [0.15, 0.2) is 5.96 Å². The number of aryl methyl sites for hydroxylation is 1. The van der Waals surface area contributed by atoms with Crippen LogP contribution < -0.4 is 15.5 Å². The molecule has 1 fully saturated rings. The highest BCUT2D eigenvalue weighted by atomic mass is 127. The summed E-state index contributed by atoms with van der Waals surface area (Å²) in [6.07, 6.45) is 4.74. The lowest BCUT2D eigenvalue weighted by atomic mass is 10.1. The van der Waals surface area contributed by atoms with Crippen molar-refractivity contribution in [3.05, 3.63) is 41.4 Å². The van der Waals surface area contributed by atoms with Crippen LogP contribution in [0.4, 0.5) is 5.69 Å². The number of hydrogen-bond acceptors (Lipinski definition) is 5. The minimum absolute atomic E-state index is 0. The number of hydrogen-bond donors (Lipinski definition) is 2. The van der Waals surface area contributed by atoms with Gasteiger partial charge in [-0.3, -0.25) is 9.89 Å². The van der Waals surface area contributed by atoms with Gasteiger partial charge >= 0.3 is 0 Å². The first-order valence-corrected chi connectivity index (χ1v) is 11.2. The molecule has 2 aliphatic heterocycles. The molecule has 10 heteroatoms. The average molecular weight is 559 g/mol. The number of halogens is 2. The van der Waals surface area contributed by atoms with Crippen LogP contribution in [0.15, 0.2) is 35.6 Å². The fourth-order valence-corrected chi connectivity index (χ4v) is 4.34. The zero-order chi connectivity index (χ0) is 20.8. The van der Waals surface area contributed by atoms with Crippen LogP contribution in [0.2, 0.25) is 5.02 Å². The molecule has 1 atom stereocenters. The highest BCUT2D eigenvalue weighted by molar-refractivity contribution is 14.0. The molecule has 170 valence electrons. The molecule has 0 radical (unpaired) electrons. The van der Waals surface area contributed by atoms with Crippen LogP contribution in [0.1, 0.15) is 18.7 Å². The number of piperazine rings is 1. The first-order valence-electron chi connectivity index (χ1n) is 10.8. The van der Waals surface area contributed by atoms with Crippen LogP contribution in [0.3, 0.4) is 0 Å². The number of aliphatic imine (C=N–C) groups is 1. The molecule has 8 nitrogen and oxygen atoms in total.